The van der Waals surface area contributed by atoms with E-state index in [0.29, 0.717) is 17.7 Å². The first-order valence-corrected chi connectivity index (χ1v) is 13.5. The highest BCUT2D eigenvalue weighted by Gasteiger charge is 2.77. The summed E-state index contributed by atoms with van der Waals surface area (Å²) in [5, 5.41) is 16.4. The number of likely N-dealkylation sites (tertiary alicyclic amines) is 1. The number of alkyl halides is 1. The van der Waals surface area contributed by atoms with Gasteiger partial charge in [0.05, 0.1) is 30.6 Å². The minimum absolute atomic E-state index is 0.211. The average Bonchev–Trinajstić information content (AvgIpc) is 3.44. The van der Waals surface area contributed by atoms with E-state index in [1.807, 2.05) is 69.3 Å². The van der Waals surface area contributed by atoms with Gasteiger partial charge in [-0.3, -0.25) is 14.4 Å². The Balaban J connectivity index is 1.58. The molecule has 1 spiro atoms. The molecule has 3 amide bonds. The van der Waals surface area contributed by atoms with Gasteiger partial charge in [-0.05, 0) is 44.9 Å². The van der Waals surface area contributed by atoms with Crippen molar-refractivity contribution in [3.8, 4) is 0 Å². The third-order valence-corrected chi connectivity index (χ3v) is 8.36. The van der Waals surface area contributed by atoms with Gasteiger partial charge in [-0.2, -0.15) is 0 Å². The van der Waals surface area contributed by atoms with Crippen molar-refractivity contribution in [3.63, 3.8) is 0 Å². The van der Waals surface area contributed by atoms with Crippen molar-refractivity contribution in [2.24, 2.45) is 11.8 Å². The Labute approximate surface area is 224 Å². The number of halogens is 1. The molecule has 5 rings (SSSR count). The highest BCUT2D eigenvalue weighted by atomic mass is 79.9. The summed E-state index contributed by atoms with van der Waals surface area (Å²) in [6, 6.07) is 16.4. The van der Waals surface area contributed by atoms with E-state index in [9.17, 15) is 19.5 Å². The van der Waals surface area contributed by atoms with Gasteiger partial charge in [0.2, 0.25) is 17.7 Å². The smallest absolute Gasteiger partial charge is 0.246 e. The van der Waals surface area contributed by atoms with E-state index in [4.69, 9.17) is 4.74 Å². The van der Waals surface area contributed by atoms with Crippen molar-refractivity contribution in [2.45, 2.75) is 61.3 Å². The van der Waals surface area contributed by atoms with Crippen LogP contribution in [0.4, 0.5) is 5.69 Å². The molecular formula is C28H32BrN3O5. The first-order valence-electron chi connectivity index (χ1n) is 12.6. The van der Waals surface area contributed by atoms with Crippen molar-refractivity contribution in [3.05, 3.63) is 66.2 Å². The number of carbonyl (C=O) groups is 3. The fourth-order valence-electron chi connectivity index (χ4n) is 6.22. The van der Waals surface area contributed by atoms with Gasteiger partial charge in [-0.15, -0.1) is 0 Å². The van der Waals surface area contributed by atoms with E-state index in [1.54, 1.807) is 12.1 Å². The standard InChI is InChI=1S/C28H32BrN3O5/c1-27(2,3)31-25(35)23-28-14-18(29)22(37-28)20(24(34)30-17-12-8-5-9-13-17)21(28)26(36)32(23)19(15-33)16-10-6-4-7-11-16/h4-13,18-23,33H,14-15H2,1-3H3,(H,30,34)(H,31,35)/t18?,19-,20-,21+,22-,23?,28?/m1/s1. The van der Waals surface area contributed by atoms with Crippen LogP contribution in [0, 0.1) is 11.8 Å². The van der Waals surface area contributed by atoms with Crippen LogP contribution in [0.1, 0.15) is 38.8 Å². The third-order valence-electron chi connectivity index (χ3n) is 7.51. The number of anilines is 1. The maximum atomic E-state index is 14.3. The molecule has 2 aromatic rings. The summed E-state index contributed by atoms with van der Waals surface area (Å²) in [6.45, 7) is 5.24. The number of hydrogen-bond donors (Lipinski definition) is 3. The number of hydrogen-bond acceptors (Lipinski definition) is 5. The number of aliphatic hydroxyl groups excluding tert-OH is 1. The van der Waals surface area contributed by atoms with Gasteiger partial charge in [0.25, 0.3) is 0 Å². The quantitative estimate of drug-likeness (QED) is 0.463. The Kier molecular flexibility index (Phi) is 6.66. The molecule has 3 N–H and O–H groups in total. The number of nitrogens with one attached hydrogen (secondary N) is 2. The zero-order chi connectivity index (χ0) is 26.5. The number of nitrogens with zero attached hydrogens (tertiary/aromatic N) is 1. The molecule has 7 atom stereocenters. The molecule has 3 aliphatic rings. The van der Waals surface area contributed by atoms with Gasteiger partial charge in [-0.1, -0.05) is 64.5 Å². The first-order chi connectivity index (χ1) is 17.6. The monoisotopic (exact) mass is 569 g/mol. The number of fused-ring (bicyclic) bond motifs is 1. The van der Waals surface area contributed by atoms with Gasteiger partial charge < -0.3 is 25.4 Å². The zero-order valence-electron chi connectivity index (χ0n) is 21.1. The van der Waals surface area contributed by atoms with Crippen molar-refractivity contribution in [2.75, 3.05) is 11.9 Å². The van der Waals surface area contributed by atoms with E-state index in [-0.39, 0.29) is 29.2 Å². The van der Waals surface area contributed by atoms with E-state index in [1.165, 1.54) is 4.90 Å². The lowest BCUT2D eigenvalue weighted by Crippen LogP contribution is -2.59. The summed E-state index contributed by atoms with van der Waals surface area (Å²) >= 11 is 3.68. The van der Waals surface area contributed by atoms with Gasteiger partial charge in [0.15, 0.2) is 0 Å². The maximum Gasteiger partial charge on any atom is 0.246 e. The van der Waals surface area contributed by atoms with E-state index < -0.39 is 41.2 Å². The number of amides is 3. The topological polar surface area (TPSA) is 108 Å². The first kappa shape index (κ1) is 25.9. The van der Waals surface area contributed by atoms with Crippen LogP contribution in [0.2, 0.25) is 0 Å². The van der Waals surface area contributed by atoms with E-state index >= 15 is 0 Å². The number of carbonyl (C=O) groups excluding carboxylic acids is 3. The summed E-state index contributed by atoms with van der Waals surface area (Å²) < 4.78 is 6.53. The fraction of sp³-hybridized carbons (Fsp3) is 0.464. The fourth-order valence-corrected chi connectivity index (χ4v) is 7.16. The lowest BCUT2D eigenvalue weighted by molar-refractivity contribution is -0.146. The van der Waals surface area contributed by atoms with Crippen LogP contribution >= 0.6 is 15.9 Å². The predicted octanol–water partition coefficient (Wildman–Crippen LogP) is 3.02. The Morgan fingerprint density at radius 1 is 1.11 bits per heavy atom. The molecule has 3 saturated heterocycles. The molecule has 0 radical (unpaired) electrons. The number of aliphatic hydroxyl groups is 1. The summed E-state index contributed by atoms with van der Waals surface area (Å²) in [5.74, 6) is -2.69. The predicted molar refractivity (Wildman–Crippen MR) is 142 cm³/mol. The van der Waals surface area contributed by atoms with Crippen LogP contribution in [0.5, 0.6) is 0 Å². The van der Waals surface area contributed by atoms with Gasteiger partial charge >= 0.3 is 0 Å². The SMILES string of the molecule is CC(C)(C)NC(=O)C1N([C@H](CO)c2ccccc2)C(=O)[C@@H]2[C@@H](C(=O)Nc3ccccc3)[C@@H]3OC12CC3Br. The molecular weight excluding hydrogens is 538 g/mol. The summed E-state index contributed by atoms with van der Waals surface area (Å²) in [7, 11) is 0. The summed E-state index contributed by atoms with van der Waals surface area (Å²) in [6.07, 6.45) is -0.163. The lowest BCUT2D eigenvalue weighted by Gasteiger charge is -2.38. The highest BCUT2D eigenvalue weighted by molar-refractivity contribution is 9.09. The molecule has 196 valence electrons. The second kappa shape index (κ2) is 9.53. The van der Waals surface area contributed by atoms with Crippen LogP contribution in [0.25, 0.3) is 0 Å². The molecule has 3 fully saturated rings. The van der Waals surface area contributed by atoms with Crippen molar-refractivity contribution in [1.82, 2.24) is 10.2 Å². The second-order valence-corrected chi connectivity index (χ2v) is 12.3. The molecule has 2 bridgehead atoms. The zero-order valence-corrected chi connectivity index (χ0v) is 22.6. The normalized spacial score (nSPS) is 31.2. The molecule has 9 heteroatoms. The molecule has 2 aromatic carbocycles. The lowest BCUT2D eigenvalue weighted by atomic mass is 9.70. The largest absolute Gasteiger partial charge is 0.394 e. The maximum absolute atomic E-state index is 14.3. The number of benzene rings is 2. The van der Waals surface area contributed by atoms with Crippen molar-refractivity contribution < 1.29 is 24.2 Å². The minimum atomic E-state index is -1.20. The minimum Gasteiger partial charge on any atom is -0.394 e. The summed E-state index contributed by atoms with van der Waals surface area (Å²) in [4.78, 5) is 43.0. The van der Waals surface area contributed by atoms with E-state index in [0.717, 1.165) is 0 Å². The molecule has 37 heavy (non-hydrogen) atoms. The second-order valence-electron chi connectivity index (χ2n) is 11.1. The Bertz CT molecular complexity index is 1190. The van der Waals surface area contributed by atoms with Crippen LogP contribution in [-0.2, 0) is 19.1 Å². The molecule has 3 aliphatic heterocycles. The molecule has 3 heterocycles. The molecule has 0 saturated carbocycles. The number of rotatable bonds is 6. The van der Waals surface area contributed by atoms with Gasteiger partial charge in [0, 0.05) is 16.1 Å². The van der Waals surface area contributed by atoms with Crippen LogP contribution in [0.3, 0.4) is 0 Å². The Hall–Kier alpha value is -2.75. The molecule has 0 aromatic heterocycles. The molecule has 0 aliphatic carbocycles. The Morgan fingerprint density at radius 3 is 2.32 bits per heavy atom. The van der Waals surface area contributed by atoms with Crippen molar-refractivity contribution in [1.29, 1.82) is 0 Å². The number of ether oxygens (including phenoxy) is 1. The van der Waals surface area contributed by atoms with Crippen molar-refractivity contribution >= 4 is 39.3 Å². The van der Waals surface area contributed by atoms with Gasteiger partial charge in [0.1, 0.15) is 11.6 Å². The highest BCUT2D eigenvalue weighted by Crippen LogP contribution is 2.61. The summed E-state index contributed by atoms with van der Waals surface area (Å²) in [5.41, 5.74) is -0.432. The van der Waals surface area contributed by atoms with Crippen LogP contribution in [-0.4, -0.2) is 62.4 Å². The van der Waals surface area contributed by atoms with Crippen LogP contribution in [0.15, 0.2) is 60.7 Å². The van der Waals surface area contributed by atoms with Crippen LogP contribution < -0.4 is 10.6 Å². The van der Waals surface area contributed by atoms with E-state index in [2.05, 4.69) is 26.6 Å². The van der Waals surface area contributed by atoms with Gasteiger partial charge in [-0.25, -0.2) is 0 Å². The Morgan fingerprint density at radius 2 is 1.73 bits per heavy atom. The number of para-hydroxylation sites is 1. The average molecular weight is 570 g/mol. The third kappa shape index (κ3) is 4.36. The molecule has 3 unspecified atom stereocenters. The molecule has 8 nitrogen and oxygen atoms in total.